The van der Waals surface area contributed by atoms with Crippen molar-refractivity contribution in [3.8, 4) is 0 Å². The van der Waals surface area contributed by atoms with Gasteiger partial charge in [0.05, 0.1) is 17.3 Å². The number of benzene rings is 3. The number of rotatable bonds is 5. The Kier molecular flexibility index (Phi) is 6.07. The normalized spacial score (nSPS) is 15.4. The van der Waals surface area contributed by atoms with Crippen LogP contribution in [-0.4, -0.2) is 41.0 Å². The quantitative estimate of drug-likeness (QED) is 0.598. The van der Waals surface area contributed by atoms with Crippen molar-refractivity contribution in [3.63, 3.8) is 0 Å². The number of amides is 2. The molecule has 1 unspecified atom stereocenters. The Bertz CT molecular complexity index is 1180. The summed E-state index contributed by atoms with van der Waals surface area (Å²) in [5, 5.41) is 5.72. The molecular weight excluding hydrogens is 412 g/mol. The van der Waals surface area contributed by atoms with Crippen molar-refractivity contribution in [2.45, 2.75) is 12.5 Å². The molecule has 0 aromatic heterocycles. The van der Waals surface area contributed by atoms with Crippen LogP contribution in [0, 0.1) is 11.6 Å². The summed E-state index contributed by atoms with van der Waals surface area (Å²) in [5.41, 5.74) is 1.52. The Morgan fingerprint density at radius 2 is 1.56 bits per heavy atom. The number of likely N-dealkylation sites (N-methyl/N-ethyl adjacent to an activating group) is 1. The Hall–Kier alpha value is -3.87. The SMILES string of the molecule is CN(CC(=O)N1N=C(c2ccccc2F)CC1c1ccccc1)C(=O)c1ccccc1F. The summed E-state index contributed by atoms with van der Waals surface area (Å²) in [4.78, 5) is 26.9. The zero-order valence-corrected chi connectivity index (χ0v) is 17.4. The monoisotopic (exact) mass is 433 g/mol. The van der Waals surface area contributed by atoms with Crippen LogP contribution in [0.1, 0.15) is 33.9 Å². The number of hydrogen-bond donors (Lipinski definition) is 0. The third-order valence-corrected chi connectivity index (χ3v) is 5.36. The summed E-state index contributed by atoms with van der Waals surface area (Å²) < 4.78 is 28.4. The third-order valence-electron chi connectivity index (χ3n) is 5.36. The smallest absolute Gasteiger partial charge is 0.262 e. The topological polar surface area (TPSA) is 53.0 Å². The minimum atomic E-state index is -0.653. The number of carbonyl (C=O) groups excluding carboxylic acids is 2. The van der Waals surface area contributed by atoms with Crippen LogP contribution < -0.4 is 0 Å². The first-order valence-electron chi connectivity index (χ1n) is 10.1. The summed E-state index contributed by atoms with van der Waals surface area (Å²) in [5.74, 6) is -2.12. The molecule has 162 valence electrons. The molecule has 1 aliphatic heterocycles. The van der Waals surface area contributed by atoms with Gasteiger partial charge in [-0.2, -0.15) is 5.10 Å². The second-order valence-electron chi connectivity index (χ2n) is 7.54. The molecule has 0 N–H and O–H groups in total. The summed E-state index contributed by atoms with van der Waals surface area (Å²) in [7, 11) is 1.43. The molecule has 4 rings (SSSR count). The molecule has 3 aromatic rings. The highest BCUT2D eigenvalue weighted by Crippen LogP contribution is 2.33. The Balaban J connectivity index is 1.60. The van der Waals surface area contributed by atoms with Crippen LogP contribution in [0.3, 0.4) is 0 Å². The van der Waals surface area contributed by atoms with E-state index in [-0.39, 0.29) is 12.1 Å². The van der Waals surface area contributed by atoms with Crippen LogP contribution in [0.2, 0.25) is 0 Å². The van der Waals surface area contributed by atoms with E-state index in [1.165, 1.54) is 36.3 Å². The number of halogens is 2. The van der Waals surface area contributed by atoms with Gasteiger partial charge in [0.2, 0.25) is 0 Å². The Morgan fingerprint density at radius 1 is 0.938 bits per heavy atom. The maximum atomic E-state index is 14.4. The Labute approximate surface area is 184 Å². The molecule has 2 amide bonds. The van der Waals surface area contributed by atoms with Gasteiger partial charge < -0.3 is 4.90 Å². The van der Waals surface area contributed by atoms with Crippen LogP contribution in [0.5, 0.6) is 0 Å². The molecule has 0 fully saturated rings. The molecule has 7 heteroatoms. The van der Waals surface area contributed by atoms with Gasteiger partial charge in [0, 0.05) is 19.0 Å². The number of nitrogens with zero attached hydrogens (tertiary/aromatic N) is 3. The van der Waals surface area contributed by atoms with Gasteiger partial charge in [0.15, 0.2) is 0 Å². The number of carbonyl (C=O) groups is 2. The average molecular weight is 433 g/mol. The second-order valence-corrected chi connectivity index (χ2v) is 7.54. The minimum Gasteiger partial charge on any atom is -0.332 e. The molecule has 3 aromatic carbocycles. The average Bonchev–Trinajstić information content (AvgIpc) is 3.25. The van der Waals surface area contributed by atoms with Gasteiger partial charge in [-0.05, 0) is 23.8 Å². The fourth-order valence-electron chi connectivity index (χ4n) is 3.72. The molecule has 0 spiro atoms. The van der Waals surface area contributed by atoms with E-state index < -0.39 is 29.5 Å². The first kappa shape index (κ1) is 21.4. The van der Waals surface area contributed by atoms with E-state index in [2.05, 4.69) is 5.10 Å². The van der Waals surface area contributed by atoms with Crippen molar-refractivity contribution >= 4 is 17.5 Å². The van der Waals surface area contributed by atoms with Crippen molar-refractivity contribution in [2.75, 3.05) is 13.6 Å². The molecule has 0 saturated heterocycles. The highest BCUT2D eigenvalue weighted by molar-refractivity contribution is 6.04. The Morgan fingerprint density at radius 3 is 2.25 bits per heavy atom. The second kappa shape index (κ2) is 9.09. The van der Waals surface area contributed by atoms with Gasteiger partial charge in [-0.1, -0.05) is 60.7 Å². The predicted molar refractivity (Wildman–Crippen MR) is 117 cm³/mol. The fraction of sp³-hybridized carbons (Fsp3) is 0.160. The van der Waals surface area contributed by atoms with Crippen LogP contribution >= 0.6 is 0 Å². The van der Waals surface area contributed by atoms with Gasteiger partial charge >= 0.3 is 0 Å². The molecule has 1 aliphatic rings. The van der Waals surface area contributed by atoms with E-state index in [1.54, 1.807) is 24.3 Å². The summed E-state index contributed by atoms with van der Waals surface area (Å²) >= 11 is 0. The summed E-state index contributed by atoms with van der Waals surface area (Å²) in [6.45, 7) is -0.301. The van der Waals surface area contributed by atoms with Crippen LogP contribution in [0.25, 0.3) is 0 Å². The van der Waals surface area contributed by atoms with Crippen LogP contribution in [-0.2, 0) is 4.79 Å². The van der Waals surface area contributed by atoms with Crippen molar-refractivity contribution in [1.29, 1.82) is 0 Å². The summed E-state index contributed by atoms with van der Waals surface area (Å²) in [6.07, 6.45) is 0.335. The lowest BCUT2D eigenvalue weighted by Crippen LogP contribution is -2.39. The standard InChI is InChI=1S/C25H21F2N3O2/c1-29(25(32)19-12-6-8-14-21(19)27)16-24(31)30-23(17-9-3-2-4-10-17)15-22(28-30)18-11-5-7-13-20(18)26/h2-14,23H,15-16H2,1H3. The molecular formula is C25H21F2N3O2. The van der Waals surface area contributed by atoms with Gasteiger partial charge in [-0.25, -0.2) is 13.8 Å². The van der Waals surface area contributed by atoms with E-state index in [1.807, 2.05) is 30.3 Å². The lowest BCUT2D eigenvalue weighted by Gasteiger charge is -2.25. The van der Waals surface area contributed by atoms with Crippen molar-refractivity contribution in [1.82, 2.24) is 9.91 Å². The van der Waals surface area contributed by atoms with E-state index in [0.29, 0.717) is 17.7 Å². The number of hydrogen-bond acceptors (Lipinski definition) is 3. The molecule has 0 aliphatic carbocycles. The van der Waals surface area contributed by atoms with Gasteiger partial charge in [-0.3, -0.25) is 9.59 Å². The zero-order chi connectivity index (χ0) is 22.7. The van der Waals surface area contributed by atoms with Gasteiger partial charge in [0.25, 0.3) is 11.8 Å². The van der Waals surface area contributed by atoms with Crippen molar-refractivity contribution in [2.24, 2.45) is 5.10 Å². The molecule has 32 heavy (non-hydrogen) atoms. The number of hydrazone groups is 1. The first-order chi connectivity index (χ1) is 15.5. The zero-order valence-electron chi connectivity index (χ0n) is 17.4. The van der Waals surface area contributed by atoms with E-state index in [9.17, 15) is 18.4 Å². The van der Waals surface area contributed by atoms with Gasteiger partial charge in [-0.15, -0.1) is 0 Å². The summed E-state index contributed by atoms with van der Waals surface area (Å²) in [6, 6.07) is 20.8. The molecule has 0 bridgehead atoms. The first-order valence-corrected chi connectivity index (χ1v) is 10.1. The fourth-order valence-corrected chi connectivity index (χ4v) is 3.72. The highest BCUT2D eigenvalue weighted by atomic mass is 19.1. The lowest BCUT2D eigenvalue weighted by molar-refractivity contribution is -0.133. The van der Waals surface area contributed by atoms with Gasteiger partial charge in [0.1, 0.15) is 18.2 Å². The van der Waals surface area contributed by atoms with Crippen LogP contribution in [0.15, 0.2) is 84.0 Å². The molecule has 1 atom stereocenters. The highest BCUT2D eigenvalue weighted by Gasteiger charge is 2.34. The van der Waals surface area contributed by atoms with Crippen LogP contribution in [0.4, 0.5) is 8.78 Å². The largest absolute Gasteiger partial charge is 0.332 e. The van der Waals surface area contributed by atoms with E-state index in [4.69, 9.17) is 0 Å². The maximum absolute atomic E-state index is 14.4. The van der Waals surface area contributed by atoms with E-state index in [0.717, 1.165) is 10.5 Å². The lowest BCUT2D eigenvalue weighted by atomic mass is 9.98. The minimum absolute atomic E-state index is 0.112. The van der Waals surface area contributed by atoms with E-state index >= 15 is 0 Å². The molecule has 5 nitrogen and oxygen atoms in total. The van der Waals surface area contributed by atoms with Crippen molar-refractivity contribution in [3.05, 3.63) is 107 Å². The third kappa shape index (κ3) is 4.27. The maximum Gasteiger partial charge on any atom is 0.262 e. The molecule has 0 saturated carbocycles. The molecule has 0 radical (unpaired) electrons. The molecule has 1 heterocycles. The van der Waals surface area contributed by atoms with Crippen molar-refractivity contribution < 1.29 is 18.4 Å². The predicted octanol–water partition coefficient (Wildman–Crippen LogP) is 4.41.